The highest BCUT2D eigenvalue weighted by Gasteiger charge is 2.32. The number of alkyl halides is 3. The minimum absolute atomic E-state index is 0.0835. The molecule has 1 heterocycles. The molecule has 98 valence electrons. The smallest absolute Gasteiger partial charge is 0.411 e. The van der Waals surface area contributed by atoms with Gasteiger partial charge in [0.25, 0.3) is 0 Å². The molecular formula is C12H13F3N2O. The van der Waals surface area contributed by atoms with Gasteiger partial charge in [0.1, 0.15) is 0 Å². The van der Waals surface area contributed by atoms with Crippen molar-refractivity contribution in [1.29, 1.82) is 0 Å². The highest BCUT2D eigenvalue weighted by molar-refractivity contribution is 6.07. The van der Waals surface area contributed by atoms with Gasteiger partial charge in [-0.3, -0.25) is 0 Å². The highest BCUT2D eigenvalue weighted by atomic mass is 19.4. The molecule has 0 spiro atoms. The second kappa shape index (κ2) is 4.51. The molecule has 1 aliphatic rings. The van der Waals surface area contributed by atoms with Crippen molar-refractivity contribution < 1.29 is 18.4 Å². The number of hydrogen-bond acceptors (Lipinski definition) is 3. The van der Waals surface area contributed by atoms with Gasteiger partial charge in [0.15, 0.2) is 0 Å². The molecule has 0 aliphatic carbocycles. The van der Waals surface area contributed by atoms with Crippen molar-refractivity contribution in [3.63, 3.8) is 0 Å². The van der Waals surface area contributed by atoms with E-state index in [4.69, 9.17) is 5.21 Å². The molecular weight excluding hydrogens is 245 g/mol. The van der Waals surface area contributed by atoms with Crippen molar-refractivity contribution in [2.24, 2.45) is 5.16 Å². The number of benzene rings is 1. The van der Waals surface area contributed by atoms with Crippen LogP contribution in [0, 0.1) is 0 Å². The number of anilines is 1. The van der Waals surface area contributed by atoms with Crippen LogP contribution >= 0.6 is 0 Å². The minimum Gasteiger partial charge on any atom is -0.411 e. The monoisotopic (exact) mass is 258 g/mol. The average molecular weight is 258 g/mol. The number of nitrogens with zero attached hydrogens (tertiary/aromatic N) is 1. The molecule has 3 nitrogen and oxygen atoms in total. The van der Waals surface area contributed by atoms with Gasteiger partial charge in [0.2, 0.25) is 0 Å². The molecule has 0 amide bonds. The largest absolute Gasteiger partial charge is 0.416 e. The number of fused-ring (bicyclic) bond motifs is 1. The molecule has 0 bridgehead atoms. The second-order valence-corrected chi connectivity index (χ2v) is 4.26. The Balaban J connectivity index is 2.46. The van der Waals surface area contributed by atoms with E-state index in [1.54, 1.807) is 0 Å². The fourth-order valence-electron chi connectivity index (χ4n) is 2.04. The van der Waals surface area contributed by atoms with Gasteiger partial charge in [-0.15, -0.1) is 0 Å². The zero-order valence-electron chi connectivity index (χ0n) is 9.75. The molecule has 2 N–H and O–H groups in total. The van der Waals surface area contributed by atoms with Crippen LogP contribution in [-0.4, -0.2) is 17.0 Å². The van der Waals surface area contributed by atoms with Crippen LogP contribution in [-0.2, 0) is 6.18 Å². The van der Waals surface area contributed by atoms with Crippen LogP contribution in [0.1, 0.15) is 30.9 Å². The SMILES string of the molecule is CCC1C/C(=N\O)c2cc(C(F)(F)F)ccc2N1. The first kappa shape index (κ1) is 12.7. The topological polar surface area (TPSA) is 44.6 Å². The summed E-state index contributed by atoms with van der Waals surface area (Å²) in [4.78, 5) is 0. The van der Waals surface area contributed by atoms with Crippen LogP contribution in [0.25, 0.3) is 0 Å². The fourth-order valence-corrected chi connectivity index (χ4v) is 2.04. The van der Waals surface area contributed by atoms with E-state index in [9.17, 15) is 13.2 Å². The second-order valence-electron chi connectivity index (χ2n) is 4.26. The quantitative estimate of drug-likeness (QED) is 0.598. The molecule has 6 heteroatoms. The maximum atomic E-state index is 12.6. The van der Waals surface area contributed by atoms with Gasteiger partial charge in [-0.1, -0.05) is 12.1 Å². The van der Waals surface area contributed by atoms with Crippen LogP contribution < -0.4 is 5.32 Å². The van der Waals surface area contributed by atoms with Gasteiger partial charge in [-0.2, -0.15) is 13.2 Å². The van der Waals surface area contributed by atoms with Crippen molar-refractivity contribution in [3.05, 3.63) is 29.3 Å². The maximum Gasteiger partial charge on any atom is 0.416 e. The first-order chi connectivity index (χ1) is 8.45. The van der Waals surface area contributed by atoms with Crippen molar-refractivity contribution in [2.75, 3.05) is 5.32 Å². The summed E-state index contributed by atoms with van der Waals surface area (Å²) in [6.45, 7) is 1.96. The predicted octanol–water partition coefficient (Wildman–Crippen LogP) is 3.48. The lowest BCUT2D eigenvalue weighted by Gasteiger charge is -2.27. The Kier molecular flexibility index (Phi) is 3.19. The number of rotatable bonds is 1. The van der Waals surface area contributed by atoms with Crippen LogP contribution in [0.5, 0.6) is 0 Å². The molecule has 1 aromatic carbocycles. The Labute approximate surface area is 102 Å². The molecule has 0 saturated heterocycles. The lowest BCUT2D eigenvalue weighted by atomic mass is 9.93. The molecule has 1 atom stereocenters. The number of hydrogen-bond donors (Lipinski definition) is 2. The van der Waals surface area contributed by atoms with Gasteiger partial charge in [0, 0.05) is 23.7 Å². The third-order valence-corrected chi connectivity index (χ3v) is 3.07. The molecule has 0 fully saturated rings. The normalized spacial score (nSPS) is 21.6. The minimum atomic E-state index is -4.39. The summed E-state index contributed by atoms with van der Waals surface area (Å²) in [6.07, 6.45) is -3.17. The zero-order chi connectivity index (χ0) is 13.3. The molecule has 1 aliphatic heterocycles. The molecule has 0 saturated carbocycles. The van der Waals surface area contributed by atoms with Crippen LogP contribution in [0.3, 0.4) is 0 Å². The van der Waals surface area contributed by atoms with Crippen molar-refractivity contribution in [3.8, 4) is 0 Å². The lowest BCUT2D eigenvalue weighted by molar-refractivity contribution is -0.137. The van der Waals surface area contributed by atoms with Crippen LogP contribution in [0.15, 0.2) is 23.4 Å². The zero-order valence-corrected chi connectivity index (χ0v) is 9.75. The third kappa shape index (κ3) is 2.27. The lowest BCUT2D eigenvalue weighted by Crippen LogP contribution is -2.29. The van der Waals surface area contributed by atoms with Crippen molar-refractivity contribution in [2.45, 2.75) is 32.0 Å². The first-order valence-corrected chi connectivity index (χ1v) is 5.64. The van der Waals surface area contributed by atoms with Crippen LogP contribution in [0.4, 0.5) is 18.9 Å². The van der Waals surface area contributed by atoms with Gasteiger partial charge in [-0.05, 0) is 24.6 Å². The predicted molar refractivity (Wildman–Crippen MR) is 62.1 cm³/mol. The summed E-state index contributed by atoms with van der Waals surface area (Å²) < 4.78 is 37.8. The summed E-state index contributed by atoms with van der Waals surface area (Å²) >= 11 is 0. The summed E-state index contributed by atoms with van der Waals surface area (Å²) in [6, 6.07) is 3.51. The molecule has 1 unspecified atom stereocenters. The fraction of sp³-hybridized carbons (Fsp3) is 0.417. The molecule has 1 aromatic rings. The van der Waals surface area contributed by atoms with E-state index in [0.717, 1.165) is 18.6 Å². The van der Waals surface area contributed by atoms with E-state index < -0.39 is 11.7 Å². The van der Waals surface area contributed by atoms with E-state index >= 15 is 0 Å². The Morgan fingerprint density at radius 2 is 2.17 bits per heavy atom. The van der Waals surface area contributed by atoms with Gasteiger partial charge in [0.05, 0.1) is 11.3 Å². The van der Waals surface area contributed by atoms with E-state index in [-0.39, 0.29) is 6.04 Å². The summed E-state index contributed by atoms with van der Waals surface area (Å²) in [7, 11) is 0. The first-order valence-electron chi connectivity index (χ1n) is 5.64. The van der Waals surface area contributed by atoms with E-state index in [1.807, 2.05) is 6.92 Å². The Morgan fingerprint density at radius 3 is 2.72 bits per heavy atom. The van der Waals surface area contributed by atoms with E-state index in [1.165, 1.54) is 6.07 Å². The van der Waals surface area contributed by atoms with Crippen molar-refractivity contribution in [1.82, 2.24) is 0 Å². The summed E-state index contributed by atoms with van der Waals surface area (Å²) in [5.41, 5.74) is 0.451. The number of halogens is 3. The molecule has 18 heavy (non-hydrogen) atoms. The van der Waals surface area contributed by atoms with Gasteiger partial charge in [-0.25, -0.2) is 0 Å². The maximum absolute atomic E-state index is 12.6. The standard InChI is InChI=1S/C12H13F3N2O/c1-2-8-6-11(17-18)9-5-7(12(13,14)15)3-4-10(9)16-8/h3-5,8,16,18H,2,6H2,1H3/b17-11+. The van der Waals surface area contributed by atoms with E-state index in [0.29, 0.717) is 23.4 Å². The van der Waals surface area contributed by atoms with Crippen LogP contribution in [0.2, 0.25) is 0 Å². The Morgan fingerprint density at radius 1 is 1.44 bits per heavy atom. The average Bonchev–Trinajstić information content (AvgIpc) is 2.35. The Bertz CT molecular complexity index is 483. The highest BCUT2D eigenvalue weighted by Crippen LogP contribution is 2.34. The molecule has 0 aromatic heterocycles. The number of nitrogens with one attached hydrogen (secondary N) is 1. The Hall–Kier alpha value is -1.72. The van der Waals surface area contributed by atoms with Crippen molar-refractivity contribution >= 4 is 11.4 Å². The summed E-state index contributed by atoms with van der Waals surface area (Å²) in [5, 5.41) is 15.2. The van der Waals surface area contributed by atoms with Gasteiger partial charge < -0.3 is 10.5 Å². The number of oxime groups is 1. The molecule has 2 rings (SSSR count). The van der Waals surface area contributed by atoms with E-state index in [2.05, 4.69) is 10.5 Å². The van der Waals surface area contributed by atoms with Gasteiger partial charge >= 0.3 is 6.18 Å². The summed E-state index contributed by atoms with van der Waals surface area (Å²) in [5.74, 6) is 0. The third-order valence-electron chi connectivity index (χ3n) is 3.07. The molecule has 0 radical (unpaired) electrons.